The van der Waals surface area contributed by atoms with Gasteiger partial charge in [0.1, 0.15) is 5.75 Å². The molecular weight excluding hydrogens is 360 g/mol. The van der Waals surface area contributed by atoms with Crippen molar-refractivity contribution in [2.24, 2.45) is 0 Å². The molecule has 1 N–H and O–H groups in total. The lowest BCUT2D eigenvalue weighted by molar-refractivity contribution is -0.119. The maximum Gasteiger partial charge on any atom is 0.230 e. The summed E-state index contributed by atoms with van der Waals surface area (Å²) in [5, 5.41) is 12.6. The second kappa shape index (κ2) is 9.78. The number of carbonyl (C=O) groups is 1. The molecule has 0 spiro atoms. The number of rotatable bonds is 7. The van der Waals surface area contributed by atoms with Crippen molar-refractivity contribution < 1.29 is 9.53 Å². The lowest BCUT2D eigenvalue weighted by atomic mass is 10.1. The first-order valence-corrected chi connectivity index (χ1v) is 10.7. The molecule has 0 unspecified atom stereocenters. The third-order valence-corrected chi connectivity index (χ3v) is 5.88. The molecule has 27 heavy (non-hydrogen) atoms. The Kier molecular flexibility index (Phi) is 7.15. The number of benzene rings is 1. The summed E-state index contributed by atoms with van der Waals surface area (Å²) in [5.41, 5.74) is 0.957. The molecule has 1 aliphatic carbocycles. The Bertz CT molecular complexity index is 754. The van der Waals surface area contributed by atoms with Crippen molar-refractivity contribution in [2.75, 3.05) is 12.9 Å². The van der Waals surface area contributed by atoms with Gasteiger partial charge in [0, 0.05) is 18.2 Å². The second-order valence-electron chi connectivity index (χ2n) is 6.83. The fraction of sp³-hybridized carbons (Fsp3) is 0.550. The predicted octanol–water partition coefficient (Wildman–Crippen LogP) is 3.90. The molecule has 7 heteroatoms. The first-order chi connectivity index (χ1) is 13.2. The standard InChI is InChI=1S/C20H28N4O2S/c1-3-24-19(15-9-8-12-17(13-15)26-2)22-23-20(24)27-14-18(25)21-16-10-6-4-5-7-11-16/h8-9,12-13,16H,3-7,10-11,14H2,1-2H3,(H,21,25). The van der Waals surface area contributed by atoms with E-state index in [1.807, 2.05) is 28.8 Å². The zero-order valence-corrected chi connectivity index (χ0v) is 16.9. The summed E-state index contributed by atoms with van der Waals surface area (Å²) < 4.78 is 7.34. The van der Waals surface area contributed by atoms with Crippen molar-refractivity contribution >= 4 is 17.7 Å². The summed E-state index contributed by atoms with van der Waals surface area (Å²) in [4.78, 5) is 12.4. The Morgan fingerprint density at radius 1 is 1.26 bits per heavy atom. The second-order valence-corrected chi connectivity index (χ2v) is 7.77. The molecule has 3 rings (SSSR count). The molecule has 6 nitrogen and oxygen atoms in total. The predicted molar refractivity (Wildman–Crippen MR) is 108 cm³/mol. The summed E-state index contributed by atoms with van der Waals surface area (Å²) in [6.07, 6.45) is 7.20. The highest BCUT2D eigenvalue weighted by Crippen LogP contribution is 2.26. The van der Waals surface area contributed by atoms with E-state index in [9.17, 15) is 4.79 Å². The van der Waals surface area contributed by atoms with Gasteiger partial charge in [-0.3, -0.25) is 4.79 Å². The van der Waals surface area contributed by atoms with Gasteiger partial charge in [-0.05, 0) is 31.9 Å². The van der Waals surface area contributed by atoms with E-state index >= 15 is 0 Å². The summed E-state index contributed by atoms with van der Waals surface area (Å²) in [5.74, 6) is 2.03. The minimum absolute atomic E-state index is 0.0838. The summed E-state index contributed by atoms with van der Waals surface area (Å²) in [6.45, 7) is 2.80. The van der Waals surface area contributed by atoms with E-state index in [0.29, 0.717) is 11.8 Å². The van der Waals surface area contributed by atoms with Crippen LogP contribution >= 0.6 is 11.8 Å². The minimum Gasteiger partial charge on any atom is -0.497 e. The van der Waals surface area contributed by atoms with Crippen molar-refractivity contribution in [3.05, 3.63) is 24.3 Å². The summed E-state index contributed by atoms with van der Waals surface area (Å²) in [6, 6.07) is 8.12. The van der Waals surface area contributed by atoms with E-state index in [1.165, 1.54) is 37.4 Å². The summed E-state index contributed by atoms with van der Waals surface area (Å²) in [7, 11) is 1.65. The number of hydrogen-bond acceptors (Lipinski definition) is 5. The van der Waals surface area contributed by atoms with Gasteiger partial charge in [-0.1, -0.05) is 49.6 Å². The van der Waals surface area contributed by atoms with Gasteiger partial charge < -0.3 is 14.6 Å². The number of aromatic nitrogens is 3. The zero-order chi connectivity index (χ0) is 19.1. The van der Waals surface area contributed by atoms with Gasteiger partial charge in [-0.25, -0.2) is 0 Å². The van der Waals surface area contributed by atoms with Crippen molar-refractivity contribution in [1.29, 1.82) is 0 Å². The summed E-state index contributed by atoms with van der Waals surface area (Å²) >= 11 is 1.45. The van der Waals surface area contributed by atoms with Crippen molar-refractivity contribution in [3.63, 3.8) is 0 Å². The molecule has 0 saturated heterocycles. The lowest BCUT2D eigenvalue weighted by Gasteiger charge is -2.16. The SMILES string of the molecule is CCn1c(SCC(=O)NC2CCCCCC2)nnc1-c1cccc(OC)c1. The topological polar surface area (TPSA) is 69.0 Å². The van der Waals surface area contributed by atoms with E-state index < -0.39 is 0 Å². The molecule has 146 valence electrons. The van der Waals surface area contributed by atoms with Crippen LogP contribution in [-0.4, -0.2) is 39.6 Å². The average molecular weight is 389 g/mol. The van der Waals surface area contributed by atoms with Crippen LogP contribution in [0.1, 0.15) is 45.4 Å². The number of hydrogen-bond donors (Lipinski definition) is 1. The zero-order valence-electron chi connectivity index (χ0n) is 16.1. The number of methoxy groups -OCH3 is 1. The van der Waals surface area contributed by atoms with Crippen molar-refractivity contribution in [3.8, 4) is 17.1 Å². The van der Waals surface area contributed by atoms with Crippen LogP contribution in [0.3, 0.4) is 0 Å². The Morgan fingerprint density at radius 2 is 2.04 bits per heavy atom. The van der Waals surface area contributed by atoms with Crippen LogP contribution in [0.2, 0.25) is 0 Å². The molecule has 2 aromatic rings. The molecule has 1 amide bonds. The Balaban J connectivity index is 1.63. The van der Waals surface area contributed by atoms with Gasteiger partial charge >= 0.3 is 0 Å². The Hall–Kier alpha value is -2.02. The van der Waals surface area contributed by atoms with E-state index in [2.05, 4.69) is 22.4 Å². The molecule has 1 aromatic carbocycles. The number of ether oxygens (including phenoxy) is 1. The Morgan fingerprint density at radius 3 is 2.74 bits per heavy atom. The van der Waals surface area contributed by atoms with Crippen LogP contribution in [0.5, 0.6) is 5.75 Å². The first kappa shape index (κ1) is 19.7. The molecule has 0 bridgehead atoms. The van der Waals surface area contributed by atoms with Crippen molar-refractivity contribution in [1.82, 2.24) is 20.1 Å². The average Bonchev–Trinajstić information content (AvgIpc) is 2.94. The molecular formula is C20H28N4O2S. The number of nitrogens with one attached hydrogen (secondary N) is 1. The van der Waals surface area contributed by atoms with E-state index in [-0.39, 0.29) is 5.91 Å². The fourth-order valence-electron chi connectivity index (χ4n) is 3.48. The lowest BCUT2D eigenvalue weighted by Crippen LogP contribution is -2.35. The molecule has 1 aliphatic rings. The van der Waals surface area contributed by atoms with Crippen LogP contribution in [-0.2, 0) is 11.3 Å². The van der Waals surface area contributed by atoms with Crippen LogP contribution in [0.25, 0.3) is 11.4 Å². The molecule has 1 aromatic heterocycles. The third-order valence-electron chi connectivity index (χ3n) is 4.91. The normalized spacial score (nSPS) is 15.3. The molecule has 1 saturated carbocycles. The maximum absolute atomic E-state index is 12.4. The van der Waals surface area contributed by atoms with Crippen LogP contribution in [0, 0.1) is 0 Å². The van der Waals surface area contributed by atoms with Gasteiger partial charge in [0.05, 0.1) is 12.9 Å². The minimum atomic E-state index is 0.0838. The fourth-order valence-corrected chi connectivity index (χ4v) is 4.29. The van der Waals surface area contributed by atoms with E-state index in [4.69, 9.17) is 4.74 Å². The quantitative estimate of drug-likeness (QED) is 0.575. The Labute approximate surface area is 165 Å². The highest BCUT2D eigenvalue weighted by atomic mass is 32.2. The van der Waals surface area contributed by atoms with Crippen LogP contribution in [0.4, 0.5) is 0 Å². The van der Waals surface area contributed by atoms with Crippen LogP contribution < -0.4 is 10.1 Å². The van der Waals surface area contributed by atoms with E-state index in [1.54, 1.807) is 7.11 Å². The van der Waals surface area contributed by atoms with Gasteiger partial charge in [0.15, 0.2) is 11.0 Å². The molecule has 1 heterocycles. The highest BCUT2D eigenvalue weighted by Gasteiger charge is 2.17. The third kappa shape index (κ3) is 5.25. The number of amides is 1. The number of carbonyl (C=O) groups excluding carboxylic acids is 1. The smallest absolute Gasteiger partial charge is 0.230 e. The highest BCUT2D eigenvalue weighted by molar-refractivity contribution is 7.99. The molecule has 0 atom stereocenters. The maximum atomic E-state index is 12.4. The first-order valence-electron chi connectivity index (χ1n) is 9.71. The number of nitrogens with zero attached hydrogens (tertiary/aromatic N) is 3. The molecule has 0 radical (unpaired) electrons. The molecule has 1 fully saturated rings. The number of thioether (sulfide) groups is 1. The molecule has 0 aliphatic heterocycles. The van der Waals surface area contributed by atoms with Gasteiger partial charge in [-0.2, -0.15) is 0 Å². The van der Waals surface area contributed by atoms with Gasteiger partial charge in [0.2, 0.25) is 5.91 Å². The van der Waals surface area contributed by atoms with Gasteiger partial charge in [0.25, 0.3) is 0 Å². The largest absolute Gasteiger partial charge is 0.497 e. The van der Waals surface area contributed by atoms with Crippen LogP contribution in [0.15, 0.2) is 29.4 Å². The van der Waals surface area contributed by atoms with E-state index in [0.717, 1.165) is 41.7 Å². The van der Waals surface area contributed by atoms with Gasteiger partial charge in [-0.15, -0.1) is 10.2 Å². The monoisotopic (exact) mass is 388 g/mol. The van der Waals surface area contributed by atoms with Crippen molar-refractivity contribution in [2.45, 2.75) is 63.2 Å².